The Balaban J connectivity index is 3.41. The Labute approximate surface area is 235 Å². The van der Waals surface area contributed by atoms with Gasteiger partial charge in [0.15, 0.2) is 6.00 Å². The highest BCUT2D eigenvalue weighted by molar-refractivity contribution is 6.16. The van der Waals surface area contributed by atoms with Gasteiger partial charge in [0.25, 0.3) is 0 Å². The molecule has 0 aromatic carbocycles. The third-order valence-electron chi connectivity index (χ3n) is 8.39. The fourth-order valence-electron chi connectivity index (χ4n) is 5.61. The van der Waals surface area contributed by atoms with Crippen LogP contribution in [0.25, 0.3) is 0 Å². The zero-order chi connectivity index (χ0) is 26.4. The number of alkyl halides is 1. The van der Waals surface area contributed by atoms with E-state index >= 15 is 0 Å². The van der Waals surface area contributed by atoms with E-state index in [1.54, 1.807) is 0 Å². The second-order valence-electron chi connectivity index (χ2n) is 12.4. The lowest BCUT2D eigenvalue weighted by molar-refractivity contribution is -0.899. The van der Waals surface area contributed by atoms with Crippen LogP contribution in [0.1, 0.15) is 194 Å². The van der Waals surface area contributed by atoms with E-state index in [1.165, 1.54) is 193 Å². The van der Waals surface area contributed by atoms with Crippen molar-refractivity contribution in [3.8, 4) is 0 Å². The summed E-state index contributed by atoms with van der Waals surface area (Å²) in [5, 5.41) is 0. The second-order valence-corrected chi connectivity index (χ2v) is 12.6. The van der Waals surface area contributed by atoms with E-state index in [2.05, 4.69) is 20.9 Å². The molecular weight excluding hydrogens is 458 g/mol. The van der Waals surface area contributed by atoms with Gasteiger partial charge >= 0.3 is 0 Å². The molecule has 0 aromatic rings. The topological polar surface area (TPSA) is 0 Å². The van der Waals surface area contributed by atoms with Crippen molar-refractivity contribution in [3.05, 3.63) is 0 Å². The molecule has 0 heterocycles. The molecule has 2 heteroatoms. The highest BCUT2D eigenvalue weighted by atomic mass is 35.5. The molecule has 0 unspecified atom stereocenters. The summed E-state index contributed by atoms with van der Waals surface area (Å²) in [4.78, 5) is 0. The summed E-state index contributed by atoms with van der Waals surface area (Å²) in [6, 6.07) is 0.789. The summed E-state index contributed by atoms with van der Waals surface area (Å²) >= 11 is 6.40. The quantitative estimate of drug-likeness (QED) is 0.0363. The first kappa shape index (κ1) is 36.2. The minimum absolute atomic E-state index is 0.789. The van der Waals surface area contributed by atoms with Gasteiger partial charge < -0.3 is 4.48 Å². The van der Waals surface area contributed by atoms with Crippen molar-refractivity contribution in [1.29, 1.82) is 0 Å². The van der Waals surface area contributed by atoms with Crippen LogP contribution in [0.5, 0.6) is 0 Å². The first-order valence-electron chi connectivity index (χ1n) is 17.1. The second kappa shape index (κ2) is 29.8. The molecule has 0 N–H and O–H groups in total. The van der Waals surface area contributed by atoms with Crippen molar-refractivity contribution in [2.24, 2.45) is 0 Å². The number of hydrogen-bond donors (Lipinski definition) is 0. The summed E-state index contributed by atoms with van der Waals surface area (Å²) in [5.41, 5.74) is 0. The Bertz CT molecular complexity index is 365. The molecule has 0 radical (unpaired) electrons. The van der Waals surface area contributed by atoms with E-state index < -0.39 is 0 Å². The number of unbranched alkanes of at least 4 members (excludes halogenated alkanes) is 26. The van der Waals surface area contributed by atoms with Crippen molar-refractivity contribution in [2.45, 2.75) is 194 Å². The van der Waals surface area contributed by atoms with E-state index in [1.807, 2.05) is 0 Å². The molecule has 0 aromatic heterocycles. The molecule has 0 bridgehead atoms. The molecule has 0 aliphatic carbocycles. The van der Waals surface area contributed by atoms with Gasteiger partial charge in [0.1, 0.15) is 0 Å². The van der Waals surface area contributed by atoms with Gasteiger partial charge in [-0.15, -0.1) is 0 Å². The maximum Gasteiger partial charge on any atom is 0.154 e. The van der Waals surface area contributed by atoms with Crippen molar-refractivity contribution in [2.75, 3.05) is 26.1 Å². The molecule has 0 aliphatic heterocycles. The Morgan fingerprint density at radius 2 is 0.528 bits per heavy atom. The third-order valence-corrected chi connectivity index (χ3v) is 8.97. The van der Waals surface area contributed by atoms with Crippen LogP contribution in [-0.2, 0) is 0 Å². The normalized spacial score (nSPS) is 12.0. The Hall–Kier alpha value is 0.250. The van der Waals surface area contributed by atoms with E-state index in [4.69, 9.17) is 11.6 Å². The van der Waals surface area contributed by atoms with Gasteiger partial charge in [-0.3, -0.25) is 0 Å². The smallest absolute Gasteiger partial charge is 0.154 e. The van der Waals surface area contributed by atoms with Gasteiger partial charge in [-0.05, 0) is 25.7 Å². The van der Waals surface area contributed by atoms with Gasteiger partial charge in [0, 0.05) is 0 Å². The minimum atomic E-state index is 0.789. The minimum Gasteiger partial charge on any atom is -0.313 e. The van der Waals surface area contributed by atoms with Gasteiger partial charge in [-0.1, -0.05) is 180 Å². The third kappa shape index (κ3) is 27.3. The lowest BCUT2D eigenvalue weighted by Gasteiger charge is -2.32. The van der Waals surface area contributed by atoms with Crippen molar-refractivity contribution in [3.63, 3.8) is 0 Å². The van der Waals surface area contributed by atoms with Gasteiger partial charge in [-0.25, -0.2) is 0 Å². The van der Waals surface area contributed by atoms with Crippen LogP contribution in [0.15, 0.2) is 0 Å². The summed E-state index contributed by atoms with van der Waals surface area (Å²) in [6.07, 6.45) is 40.3. The monoisotopic (exact) mass is 529 g/mol. The van der Waals surface area contributed by atoms with Crippen molar-refractivity contribution in [1.82, 2.24) is 0 Å². The van der Waals surface area contributed by atoms with E-state index in [0.717, 1.165) is 10.5 Å². The molecule has 0 atom stereocenters. The lowest BCUT2D eigenvalue weighted by Crippen LogP contribution is -2.44. The number of quaternary nitrogens is 1. The van der Waals surface area contributed by atoms with Crippen LogP contribution in [0, 0.1) is 0 Å². The van der Waals surface area contributed by atoms with Crippen LogP contribution in [0.4, 0.5) is 0 Å². The molecule has 0 aliphatic rings. The highest BCUT2D eigenvalue weighted by Crippen LogP contribution is 2.17. The molecule has 0 saturated heterocycles. The zero-order valence-electron chi connectivity index (χ0n) is 25.7. The number of rotatable bonds is 31. The van der Waals surface area contributed by atoms with Crippen LogP contribution in [-0.4, -0.2) is 30.6 Å². The maximum atomic E-state index is 6.40. The summed E-state index contributed by atoms with van der Waals surface area (Å²) < 4.78 is 1.08. The first-order valence-corrected chi connectivity index (χ1v) is 17.6. The van der Waals surface area contributed by atoms with Crippen molar-refractivity contribution >= 4 is 11.6 Å². The van der Waals surface area contributed by atoms with E-state index in [9.17, 15) is 0 Å². The number of halogens is 1. The van der Waals surface area contributed by atoms with E-state index in [0.29, 0.717) is 0 Å². The number of nitrogens with zero attached hydrogens (tertiary/aromatic N) is 1. The molecule has 218 valence electrons. The predicted octanol–water partition coefficient (Wildman–Crippen LogP) is 12.6. The zero-order valence-corrected chi connectivity index (χ0v) is 26.5. The van der Waals surface area contributed by atoms with Crippen LogP contribution >= 0.6 is 11.6 Å². The molecule has 0 amide bonds. The fourth-order valence-corrected chi connectivity index (χ4v) is 5.85. The van der Waals surface area contributed by atoms with Crippen LogP contribution < -0.4 is 0 Å². The van der Waals surface area contributed by atoms with Gasteiger partial charge in [0.2, 0.25) is 0 Å². The SMILES string of the molecule is CCCCCCCCCCCCCCCC[N+](C)(CCl)CCCCCCCCCCCCCCCC. The molecule has 0 fully saturated rings. The van der Waals surface area contributed by atoms with Gasteiger partial charge in [-0.2, -0.15) is 0 Å². The predicted molar refractivity (Wildman–Crippen MR) is 167 cm³/mol. The molecule has 36 heavy (non-hydrogen) atoms. The Kier molecular flexibility index (Phi) is 30.0. The van der Waals surface area contributed by atoms with Crippen LogP contribution in [0.3, 0.4) is 0 Å². The maximum absolute atomic E-state index is 6.40. The fraction of sp³-hybridized carbons (Fsp3) is 1.00. The standard InChI is InChI=1S/C34H71ClN/c1-4-6-8-10-12-14-16-18-20-22-24-26-28-30-32-36(3,34-35)33-31-29-27-25-23-21-19-17-15-13-11-9-7-5-2/h4-34H2,1-3H3/q+1. The lowest BCUT2D eigenvalue weighted by atomic mass is 10.0. The molecule has 1 nitrogen and oxygen atoms in total. The molecular formula is C34H71ClN+. The first-order chi connectivity index (χ1) is 17.7. The summed E-state index contributed by atoms with van der Waals surface area (Å²) in [5.74, 6) is 0. The van der Waals surface area contributed by atoms with E-state index in [-0.39, 0.29) is 0 Å². The average Bonchev–Trinajstić information content (AvgIpc) is 2.89. The van der Waals surface area contributed by atoms with Crippen molar-refractivity contribution < 1.29 is 4.48 Å². The molecule has 0 rings (SSSR count). The van der Waals surface area contributed by atoms with Crippen LogP contribution in [0.2, 0.25) is 0 Å². The number of hydrogen-bond acceptors (Lipinski definition) is 0. The Morgan fingerprint density at radius 3 is 0.722 bits per heavy atom. The van der Waals surface area contributed by atoms with Gasteiger partial charge in [0.05, 0.1) is 20.1 Å². The molecule has 0 saturated carbocycles. The largest absolute Gasteiger partial charge is 0.313 e. The summed E-state index contributed by atoms with van der Waals surface area (Å²) in [6.45, 7) is 7.16. The average molecular weight is 529 g/mol. The molecule has 0 spiro atoms. The summed E-state index contributed by atoms with van der Waals surface area (Å²) in [7, 11) is 2.39. The Morgan fingerprint density at radius 1 is 0.333 bits per heavy atom. The highest BCUT2D eigenvalue weighted by Gasteiger charge is 2.18.